The third kappa shape index (κ3) is 4.13. The minimum Gasteiger partial charge on any atom is -0.361 e. The highest BCUT2D eigenvalue weighted by atomic mass is 16.1. The molecule has 2 aromatic heterocycles. The molecule has 0 aromatic carbocycles. The van der Waals surface area contributed by atoms with Crippen LogP contribution in [-0.2, 0) is 12.8 Å². The van der Waals surface area contributed by atoms with Crippen molar-refractivity contribution in [3.8, 4) is 0 Å². The number of ketones is 2. The minimum atomic E-state index is -0.00689. The molecule has 2 heterocycles. The molecule has 0 fully saturated rings. The fraction of sp³-hybridized carbons (Fsp3) is 0.360. The molecular formula is C25H31N4O2+. The van der Waals surface area contributed by atoms with Gasteiger partial charge >= 0.3 is 0 Å². The predicted octanol–water partition coefficient (Wildman–Crippen LogP) is 3.11. The van der Waals surface area contributed by atoms with E-state index in [0.29, 0.717) is 11.1 Å². The number of carbonyl (C=O) groups excluding carboxylic acids is 2. The van der Waals surface area contributed by atoms with E-state index in [4.69, 9.17) is 0 Å². The number of likely N-dealkylation sites (N-methyl/N-ethyl adjacent to an activating group) is 2. The van der Waals surface area contributed by atoms with Crippen LogP contribution in [-0.4, -0.2) is 79.2 Å². The number of aromatic amines is 2. The third-order valence-corrected chi connectivity index (χ3v) is 5.93. The summed E-state index contributed by atoms with van der Waals surface area (Å²) < 4.78 is 0.838. The lowest BCUT2D eigenvalue weighted by Gasteiger charge is -2.24. The normalized spacial score (nSPS) is 18.1. The summed E-state index contributed by atoms with van der Waals surface area (Å²) in [6.07, 6.45) is 12.7. The molecule has 0 spiro atoms. The van der Waals surface area contributed by atoms with Gasteiger partial charge in [0.1, 0.15) is 0 Å². The van der Waals surface area contributed by atoms with E-state index in [1.54, 1.807) is 12.2 Å². The number of rotatable bonds is 6. The summed E-state index contributed by atoms with van der Waals surface area (Å²) in [6.45, 7) is 1.80. The monoisotopic (exact) mass is 419 g/mol. The molecule has 0 saturated heterocycles. The van der Waals surface area contributed by atoms with Crippen molar-refractivity contribution >= 4 is 23.2 Å². The number of aromatic nitrogens is 2. The third-order valence-electron chi connectivity index (χ3n) is 5.93. The maximum atomic E-state index is 13.6. The summed E-state index contributed by atoms with van der Waals surface area (Å²) in [6, 6.07) is 0. The zero-order valence-electron chi connectivity index (χ0n) is 19.0. The standard InChI is InChI=1S/C25H30N4O2/c1-28(2)12-10-16-15-27-24-18(7-9-21(30)23(16)24)19-6-8-20-22(25(19)31)17(14-26-20)11-13-29(3,4)5/h6-9,14-15H,10-13H2,1-5H3,(H-,26,27,30,31)/p+1. The van der Waals surface area contributed by atoms with Crippen molar-refractivity contribution in [2.45, 2.75) is 12.8 Å². The number of carbonyl (C=O) groups is 2. The lowest BCUT2D eigenvalue weighted by Crippen LogP contribution is -2.36. The van der Waals surface area contributed by atoms with Crippen molar-refractivity contribution in [3.05, 3.63) is 69.8 Å². The van der Waals surface area contributed by atoms with Gasteiger partial charge in [-0.3, -0.25) is 9.59 Å². The maximum absolute atomic E-state index is 13.6. The second kappa shape index (κ2) is 7.94. The average Bonchev–Trinajstić information content (AvgIpc) is 3.30. The van der Waals surface area contributed by atoms with Crippen LogP contribution in [0.15, 0.2) is 36.2 Å². The first-order valence-corrected chi connectivity index (χ1v) is 10.7. The number of hydrogen-bond donors (Lipinski definition) is 2. The van der Waals surface area contributed by atoms with Crippen molar-refractivity contribution in [1.82, 2.24) is 14.9 Å². The lowest BCUT2D eigenvalue weighted by atomic mass is 9.85. The quantitative estimate of drug-likeness (QED) is 0.558. The topological polar surface area (TPSA) is 69.0 Å². The molecule has 162 valence electrons. The van der Waals surface area contributed by atoms with Crippen LogP contribution in [0.2, 0.25) is 0 Å². The van der Waals surface area contributed by atoms with Gasteiger partial charge in [0.15, 0.2) is 11.6 Å². The largest absolute Gasteiger partial charge is 0.361 e. The Hall–Kier alpha value is -2.96. The van der Waals surface area contributed by atoms with Crippen LogP contribution >= 0.6 is 0 Å². The molecule has 2 aromatic rings. The Morgan fingerprint density at radius 1 is 0.839 bits per heavy atom. The fourth-order valence-electron chi connectivity index (χ4n) is 4.17. The summed E-state index contributed by atoms with van der Waals surface area (Å²) in [5, 5.41) is 0. The highest BCUT2D eigenvalue weighted by molar-refractivity contribution is 6.23. The first kappa shape index (κ1) is 21.3. The second-order valence-corrected chi connectivity index (χ2v) is 9.67. The van der Waals surface area contributed by atoms with Gasteiger partial charge in [0, 0.05) is 42.2 Å². The molecule has 0 amide bonds. The van der Waals surface area contributed by atoms with Crippen LogP contribution in [0.4, 0.5) is 0 Å². The van der Waals surface area contributed by atoms with Crippen molar-refractivity contribution in [1.29, 1.82) is 0 Å². The van der Waals surface area contributed by atoms with Gasteiger partial charge in [-0.25, -0.2) is 0 Å². The van der Waals surface area contributed by atoms with Crippen LogP contribution in [0.25, 0.3) is 11.6 Å². The molecule has 6 nitrogen and oxygen atoms in total. The predicted molar refractivity (Wildman–Crippen MR) is 124 cm³/mol. The summed E-state index contributed by atoms with van der Waals surface area (Å²) >= 11 is 0. The number of quaternary nitrogens is 1. The van der Waals surface area contributed by atoms with E-state index >= 15 is 0 Å². The molecule has 2 aliphatic carbocycles. The Morgan fingerprint density at radius 3 is 2.23 bits per heavy atom. The van der Waals surface area contributed by atoms with E-state index in [0.717, 1.165) is 64.1 Å². The van der Waals surface area contributed by atoms with Gasteiger partial charge in [-0.05, 0) is 55.9 Å². The fourth-order valence-corrected chi connectivity index (χ4v) is 4.17. The van der Waals surface area contributed by atoms with Gasteiger partial charge in [0.25, 0.3) is 0 Å². The molecule has 0 atom stereocenters. The van der Waals surface area contributed by atoms with Gasteiger partial charge in [-0.2, -0.15) is 0 Å². The summed E-state index contributed by atoms with van der Waals surface area (Å²) in [7, 11) is 10.5. The zero-order valence-corrected chi connectivity index (χ0v) is 19.0. The first-order chi connectivity index (χ1) is 14.7. The summed E-state index contributed by atoms with van der Waals surface area (Å²) in [5.74, 6) is 0.00659. The number of fused-ring (bicyclic) bond motifs is 2. The average molecular weight is 420 g/mol. The van der Waals surface area contributed by atoms with E-state index in [1.807, 2.05) is 38.6 Å². The second-order valence-electron chi connectivity index (χ2n) is 9.67. The Balaban J connectivity index is 1.72. The van der Waals surface area contributed by atoms with E-state index in [-0.39, 0.29) is 11.6 Å². The lowest BCUT2D eigenvalue weighted by molar-refractivity contribution is -0.870. The van der Waals surface area contributed by atoms with Gasteiger partial charge in [0.2, 0.25) is 0 Å². The number of nitrogens with one attached hydrogen (secondary N) is 2. The zero-order chi connectivity index (χ0) is 22.3. The smallest absolute Gasteiger partial charge is 0.196 e. The van der Waals surface area contributed by atoms with Crippen molar-refractivity contribution in [3.63, 3.8) is 0 Å². The SMILES string of the molecule is CN(C)CCc1c[nH]c2c1C(=O)C=CC2=C1C=Cc2[nH]cc(CC[N+](C)(C)C)c2C1=O. The van der Waals surface area contributed by atoms with Crippen LogP contribution in [0, 0.1) is 0 Å². The van der Waals surface area contributed by atoms with Crippen molar-refractivity contribution < 1.29 is 14.1 Å². The van der Waals surface area contributed by atoms with Crippen LogP contribution < -0.4 is 0 Å². The number of Topliss-reactive ketones (excluding diaryl/α,β-unsaturated/α-hetero) is 1. The molecule has 0 unspecified atom stereocenters. The molecule has 4 rings (SSSR count). The molecule has 31 heavy (non-hydrogen) atoms. The van der Waals surface area contributed by atoms with Gasteiger partial charge < -0.3 is 19.4 Å². The van der Waals surface area contributed by atoms with E-state index in [9.17, 15) is 9.59 Å². The molecule has 0 aliphatic heterocycles. The van der Waals surface area contributed by atoms with E-state index in [1.165, 1.54) is 0 Å². The molecule has 6 heteroatoms. The van der Waals surface area contributed by atoms with Crippen molar-refractivity contribution in [2.75, 3.05) is 48.3 Å². The number of allylic oxidation sites excluding steroid dienone is 5. The van der Waals surface area contributed by atoms with E-state index < -0.39 is 0 Å². The molecule has 2 aliphatic rings. The summed E-state index contributed by atoms with van der Waals surface area (Å²) in [4.78, 5) is 34.9. The highest BCUT2D eigenvalue weighted by Crippen LogP contribution is 2.35. The molecule has 2 N–H and O–H groups in total. The van der Waals surface area contributed by atoms with Crippen LogP contribution in [0.3, 0.4) is 0 Å². The highest BCUT2D eigenvalue weighted by Gasteiger charge is 2.30. The van der Waals surface area contributed by atoms with Crippen LogP contribution in [0.1, 0.15) is 43.2 Å². The Morgan fingerprint density at radius 2 is 1.52 bits per heavy atom. The molecule has 0 radical (unpaired) electrons. The Labute approximate surface area is 183 Å². The Bertz CT molecular complexity index is 1130. The van der Waals surface area contributed by atoms with Crippen molar-refractivity contribution in [2.24, 2.45) is 0 Å². The molecule has 0 bridgehead atoms. The first-order valence-electron chi connectivity index (χ1n) is 10.7. The van der Waals surface area contributed by atoms with Gasteiger partial charge in [-0.1, -0.05) is 0 Å². The maximum Gasteiger partial charge on any atom is 0.196 e. The summed E-state index contributed by atoms with van der Waals surface area (Å²) in [5.41, 5.74) is 6.52. The minimum absolute atomic E-state index is 0.00689. The number of hydrogen-bond acceptors (Lipinski definition) is 3. The van der Waals surface area contributed by atoms with Gasteiger partial charge in [-0.15, -0.1) is 0 Å². The van der Waals surface area contributed by atoms with Crippen LogP contribution in [0.5, 0.6) is 0 Å². The number of H-pyrrole nitrogens is 2. The molecular weight excluding hydrogens is 388 g/mol. The number of nitrogens with zero attached hydrogens (tertiary/aromatic N) is 2. The van der Waals surface area contributed by atoms with E-state index in [2.05, 4.69) is 36.0 Å². The van der Waals surface area contributed by atoms with Gasteiger partial charge in [0.05, 0.1) is 44.5 Å². The Kier molecular flexibility index (Phi) is 5.45. The molecule has 0 saturated carbocycles.